The first kappa shape index (κ1) is 12.2. The minimum atomic E-state index is 0.0729. The third-order valence-corrected chi connectivity index (χ3v) is 4.02. The molecule has 0 heterocycles. The Morgan fingerprint density at radius 3 is 2.25 bits per heavy atom. The average molecular weight is 259 g/mol. The van der Waals surface area contributed by atoms with Gasteiger partial charge in [-0.1, -0.05) is 42.1 Å². The Labute approximate surface area is 106 Å². The molecule has 1 aromatic carbocycles. The van der Waals surface area contributed by atoms with Crippen molar-refractivity contribution in [3.8, 4) is 0 Å². The predicted molar refractivity (Wildman–Crippen MR) is 68.5 cm³/mol. The molecular weight excluding hydrogens is 243 g/mol. The van der Waals surface area contributed by atoms with Gasteiger partial charge in [0.1, 0.15) is 0 Å². The van der Waals surface area contributed by atoms with E-state index < -0.39 is 0 Å². The fraction of sp³-hybridized carbons (Fsp3) is 0.500. The van der Waals surface area contributed by atoms with Crippen LogP contribution in [0.25, 0.3) is 0 Å². The van der Waals surface area contributed by atoms with Crippen molar-refractivity contribution in [2.45, 2.75) is 31.7 Å². The number of hydrogen-bond acceptors (Lipinski definition) is 2. The predicted octanol–water partition coefficient (Wildman–Crippen LogP) is 3.69. The summed E-state index contributed by atoms with van der Waals surface area (Å²) in [6.07, 6.45) is 4.92. The molecule has 2 rings (SSSR count). The van der Waals surface area contributed by atoms with Crippen LogP contribution in [0.15, 0.2) is 18.2 Å². The Morgan fingerprint density at radius 1 is 1.19 bits per heavy atom. The second-order valence-corrected chi connectivity index (χ2v) is 5.14. The molecule has 0 amide bonds. The third kappa shape index (κ3) is 2.35. The van der Waals surface area contributed by atoms with Gasteiger partial charge in [0.15, 0.2) is 0 Å². The molecule has 1 aliphatic rings. The number of halogens is 2. The lowest BCUT2D eigenvalue weighted by atomic mass is 9.92. The molecule has 1 saturated carbocycles. The molecule has 0 radical (unpaired) electrons. The number of rotatable bonds is 3. The van der Waals surface area contributed by atoms with E-state index in [9.17, 15) is 0 Å². The van der Waals surface area contributed by atoms with E-state index in [1.54, 1.807) is 0 Å². The van der Waals surface area contributed by atoms with Crippen molar-refractivity contribution in [1.29, 1.82) is 0 Å². The first-order valence-electron chi connectivity index (χ1n) is 5.64. The highest BCUT2D eigenvalue weighted by Crippen LogP contribution is 2.40. The molecule has 16 heavy (non-hydrogen) atoms. The molecule has 0 bridgehead atoms. The van der Waals surface area contributed by atoms with Crippen LogP contribution in [0.3, 0.4) is 0 Å². The van der Waals surface area contributed by atoms with Gasteiger partial charge in [-0.25, -0.2) is 0 Å². The zero-order valence-electron chi connectivity index (χ0n) is 9.05. The van der Waals surface area contributed by atoms with Crippen molar-refractivity contribution in [2.75, 3.05) is 0 Å². The van der Waals surface area contributed by atoms with E-state index in [0.29, 0.717) is 16.0 Å². The molecule has 1 aromatic rings. The smallest absolute Gasteiger partial charge is 0.0517 e. The molecule has 1 atom stereocenters. The van der Waals surface area contributed by atoms with Crippen LogP contribution in [0.5, 0.6) is 0 Å². The van der Waals surface area contributed by atoms with Crippen LogP contribution in [0.1, 0.15) is 37.3 Å². The maximum absolute atomic E-state index is 6.20. The van der Waals surface area contributed by atoms with Crippen LogP contribution in [-0.4, -0.2) is 0 Å². The number of hydrogen-bond donors (Lipinski definition) is 2. The van der Waals surface area contributed by atoms with Gasteiger partial charge in [0.25, 0.3) is 0 Å². The molecule has 88 valence electrons. The van der Waals surface area contributed by atoms with E-state index in [0.717, 1.165) is 5.56 Å². The molecule has 2 nitrogen and oxygen atoms in total. The van der Waals surface area contributed by atoms with Crippen LogP contribution >= 0.6 is 23.2 Å². The second-order valence-electron chi connectivity index (χ2n) is 4.32. The van der Waals surface area contributed by atoms with Crippen LogP contribution in [-0.2, 0) is 0 Å². The van der Waals surface area contributed by atoms with Crippen molar-refractivity contribution in [3.63, 3.8) is 0 Å². The summed E-state index contributed by atoms with van der Waals surface area (Å²) in [6.45, 7) is 0. The Balaban J connectivity index is 2.32. The summed E-state index contributed by atoms with van der Waals surface area (Å²) in [5.41, 5.74) is 3.82. The van der Waals surface area contributed by atoms with E-state index in [-0.39, 0.29) is 6.04 Å². The highest BCUT2D eigenvalue weighted by atomic mass is 35.5. The highest BCUT2D eigenvalue weighted by molar-refractivity contribution is 6.36. The Morgan fingerprint density at radius 2 is 1.75 bits per heavy atom. The lowest BCUT2D eigenvalue weighted by Gasteiger charge is -2.24. The molecule has 4 heteroatoms. The molecule has 1 aliphatic carbocycles. The minimum absolute atomic E-state index is 0.0729. The molecule has 0 saturated heterocycles. The van der Waals surface area contributed by atoms with Crippen molar-refractivity contribution in [1.82, 2.24) is 5.43 Å². The number of hydrazine groups is 1. The highest BCUT2D eigenvalue weighted by Gasteiger charge is 2.28. The SMILES string of the molecule is NNC(c1c(Cl)cccc1Cl)C1CCCC1. The van der Waals surface area contributed by atoms with Gasteiger partial charge in [-0.05, 0) is 30.9 Å². The molecule has 0 aromatic heterocycles. The van der Waals surface area contributed by atoms with Gasteiger partial charge in [0, 0.05) is 15.6 Å². The molecule has 0 aliphatic heterocycles. The van der Waals surface area contributed by atoms with Gasteiger partial charge in [-0.3, -0.25) is 11.3 Å². The van der Waals surface area contributed by atoms with Crippen molar-refractivity contribution < 1.29 is 0 Å². The minimum Gasteiger partial charge on any atom is -0.271 e. The quantitative estimate of drug-likeness (QED) is 0.641. The van der Waals surface area contributed by atoms with Crippen LogP contribution in [0.4, 0.5) is 0 Å². The maximum Gasteiger partial charge on any atom is 0.0517 e. The number of benzene rings is 1. The summed E-state index contributed by atoms with van der Waals surface area (Å²) in [5, 5.41) is 1.39. The van der Waals surface area contributed by atoms with Gasteiger partial charge in [-0.2, -0.15) is 0 Å². The molecular formula is C12H16Cl2N2. The Hall–Kier alpha value is -0.280. The molecule has 0 spiro atoms. The van der Waals surface area contributed by atoms with Crippen LogP contribution in [0.2, 0.25) is 10.0 Å². The summed E-state index contributed by atoms with van der Waals surface area (Å²) in [5.74, 6) is 6.20. The van der Waals surface area contributed by atoms with Crippen molar-refractivity contribution >= 4 is 23.2 Å². The fourth-order valence-electron chi connectivity index (χ4n) is 2.55. The Kier molecular flexibility index (Phi) is 4.09. The summed E-state index contributed by atoms with van der Waals surface area (Å²) in [7, 11) is 0. The zero-order chi connectivity index (χ0) is 11.5. The van der Waals surface area contributed by atoms with Gasteiger partial charge >= 0.3 is 0 Å². The van der Waals surface area contributed by atoms with Crippen LogP contribution < -0.4 is 11.3 Å². The number of nitrogens with two attached hydrogens (primary N) is 1. The lowest BCUT2D eigenvalue weighted by molar-refractivity contribution is 0.374. The number of nitrogens with one attached hydrogen (secondary N) is 1. The van der Waals surface area contributed by atoms with Gasteiger partial charge in [-0.15, -0.1) is 0 Å². The zero-order valence-corrected chi connectivity index (χ0v) is 10.6. The van der Waals surface area contributed by atoms with Gasteiger partial charge in [0.05, 0.1) is 6.04 Å². The molecule has 3 N–H and O–H groups in total. The standard InChI is InChI=1S/C12H16Cl2N2/c13-9-6-3-7-10(14)11(9)12(16-15)8-4-1-2-5-8/h3,6-8,12,16H,1-2,4-5,15H2. The normalized spacial score (nSPS) is 18.9. The Bertz CT molecular complexity index is 342. The molecule has 1 unspecified atom stereocenters. The van der Waals surface area contributed by atoms with Gasteiger partial charge in [0.2, 0.25) is 0 Å². The van der Waals surface area contributed by atoms with E-state index in [1.165, 1.54) is 25.7 Å². The first-order chi connectivity index (χ1) is 7.74. The lowest BCUT2D eigenvalue weighted by Crippen LogP contribution is -2.33. The van der Waals surface area contributed by atoms with E-state index in [4.69, 9.17) is 29.0 Å². The second kappa shape index (κ2) is 5.37. The average Bonchev–Trinajstić information content (AvgIpc) is 2.77. The fourth-order valence-corrected chi connectivity index (χ4v) is 3.19. The van der Waals surface area contributed by atoms with Crippen molar-refractivity contribution in [3.05, 3.63) is 33.8 Å². The summed E-state index contributed by atoms with van der Waals surface area (Å²) >= 11 is 12.4. The largest absolute Gasteiger partial charge is 0.271 e. The summed E-state index contributed by atoms with van der Waals surface area (Å²) in [4.78, 5) is 0. The third-order valence-electron chi connectivity index (χ3n) is 3.36. The van der Waals surface area contributed by atoms with E-state index in [2.05, 4.69) is 5.43 Å². The molecule has 1 fully saturated rings. The maximum atomic E-state index is 6.20. The van der Waals surface area contributed by atoms with Gasteiger partial charge < -0.3 is 0 Å². The topological polar surface area (TPSA) is 38.0 Å². The summed E-state index contributed by atoms with van der Waals surface area (Å²) in [6, 6.07) is 5.66. The van der Waals surface area contributed by atoms with E-state index in [1.807, 2.05) is 18.2 Å². The van der Waals surface area contributed by atoms with E-state index >= 15 is 0 Å². The first-order valence-corrected chi connectivity index (χ1v) is 6.39. The van der Waals surface area contributed by atoms with Crippen LogP contribution in [0, 0.1) is 5.92 Å². The summed E-state index contributed by atoms with van der Waals surface area (Å²) < 4.78 is 0. The monoisotopic (exact) mass is 258 g/mol. The van der Waals surface area contributed by atoms with Crippen molar-refractivity contribution in [2.24, 2.45) is 11.8 Å².